The van der Waals surface area contributed by atoms with Gasteiger partial charge in [-0.15, -0.1) is 0 Å². The second-order valence-electron chi connectivity index (χ2n) is 3.04. The van der Waals surface area contributed by atoms with E-state index in [4.69, 9.17) is 11.5 Å². The first-order valence-electron chi connectivity index (χ1n) is 4.85. The fourth-order valence-corrected chi connectivity index (χ4v) is 1.25. The molecule has 0 bridgehead atoms. The molecule has 0 radical (unpaired) electrons. The molecule has 0 unspecified atom stereocenters. The summed E-state index contributed by atoms with van der Waals surface area (Å²) in [5.41, 5.74) is 13.2. The molecule has 74 valence electrons. The zero-order valence-corrected chi connectivity index (χ0v) is 8.29. The summed E-state index contributed by atoms with van der Waals surface area (Å²) in [6.45, 7) is 1.28. The summed E-state index contributed by atoms with van der Waals surface area (Å²) in [5.74, 6) is 6.15. The van der Waals surface area contributed by atoms with Gasteiger partial charge in [0.15, 0.2) is 0 Å². The van der Waals surface area contributed by atoms with Crippen LogP contribution in [0.5, 0.6) is 0 Å². The van der Waals surface area contributed by atoms with Crippen LogP contribution in [0.2, 0.25) is 0 Å². The summed E-state index contributed by atoms with van der Waals surface area (Å²) in [6.07, 6.45) is 1.63. The van der Waals surface area contributed by atoms with E-state index in [1.807, 2.05) is 18.2 Å². The molecule has 0 atom stereocenters. The van der Waals surface area contributed by atoms with Crippen molar-refractivity contribution in [3.63, 3.8) is 0 Å². The smallest absolute Gasteiger partial charge is 0.0277 e. The third-order valence-corrected chi connectivity index (χ3v) is 1.92. The zero-order chi connectivity index (χ0) is 10.2. The Morgan fingerprint density at radius 2 is 1.86 bits per heavy atom. The first-order valence-corrected chi connectivity index (χ1v) is 4.85. The summed E-state index contributed by atoms with van der Waals surface area (Å²) >= 11 is 0. The van der Waals surface area contributed by atoms with Crippen molar-refractivity contribution in [3.05, 3.63) is 35.4 Å². The van der Waals surface area contributed by atoms with E-state index in [0.717, 1.165) is 18.4 Å². The minimum atomic E-state index is 0.617. The summed E-state index contributed by atoms with van der Waals surface area (Å²) in [5, 5.41) is 0. The molecule has 0 spiro atoms. The van der Waals surface area contributed by atoms with Crippen LogP contribution in [0.3, 0.4) is 0 Å². The molecule has 0 aliphatic heterocycles. The maximum atomic E-state index is 5.52. The van der Waals surface area contributed by atoms with E-state index in [0.29, 0.717) is 13.1 Å². The molecule has 0 aliphatic rings. The fraction of sp³-hybridized carbons (Fsp3) is 0.333. The largest absolute Gasteiger partial charge is 0.330 e. The molecule has 0 saturated carbocycles. The van der Waals surface area contributed by atoms with Crippen LogP contribution in [-0.2, 0) is 6.42 Å². The van der Waals surface area contributed by atoms with Crippen LogP contribution in [0.25, 0.3) is 0 Å². The van der Waals surface area contributed by atoms with E-state index in [-0.39, 0.29) is 0 Å². The van der Waals surface area contributed by atoms with Crippen molar-refractivity contribution in [1.29, 1.82) is 0 Å². The number of hydrogen-bond donors (Lipinski definition) is 2. The predicted octanol–water partition coefficient (Wildman–Crippen LogP) is 0.888. The lowest BCUT2D eigenvalue weighted by atomic mass is 10.1. The third kappa shape index (κ3) is 3.21. The molecule has 1 aromatic rings. The van der Waals surface area contributed by atoms with E-state index in [2.05, 4.69) is 17.9 Å². The second kappa shape index (κ2) is 6.20. The number of hydrogen-bond acceptors (Lipinski definition) is 2. The quantitative estimate of drug-likeness (QED) is 0.692. The normalized spacial score (nSPS) is 9.29. The van der Waals surface area contributed by atoms with Crippen molar-refractivity contribution in [3.8, 4) is 11.8 Å². The first kappa shape index (κ1) is 10.8. The Bertz CT molecular complexity index is 334. The van der Waals surface area contributed by atoms with Crippen molar-refractivity contribution in [2.75, 3.05) is 13.1 Å². The van der Waals surface area contributed by atoms with Crippen LogP contribution in [0.15, 0.2) is 24.3 Å². The van der Waals surface area contributed by atoms with Gasteiger partial charge in [-0.2, -0.15) is 0 Å². The average Bonchev–Trinajstić information content (AvgIpc) is 2.21. The Morgan fingerprint density at radius 1 is 1.07 bits per heavy atom. The van der Waals surface area contributed by atoms with Gasteiger partial charge in [0.05, 0.1) is 0 Å². The van der Waals surface area contributed by atoms with E-state index in [9.17, 15) is 0 Å². The van der Waals surface area contributed by atoms with Crippen molar-refractivity contribution in [1.82, 2.24) is 0 Å². The Morgan fingerprint density at radius 3 is 2.57 bits per heavy atom. The summed E-state index contributed by atoms with van der Waals surface area (Å²) in [7, 11) is 0. The molecule has 0 aromatic heterocycles. The zero-order valence-electron chi connectivity index (χ0n) is 8.29. The number of benzene rings is 1. The maximum Gasteiger partial charge on any atom is 0.0277 e. The van der Waals surface area contributed by atoms with Gasteiger partial charge in [-0.1, -0.05) is 30.0 Å². The molecule has 2 nitrogen and oxygen atoms in total. The molecule has 0 heterocycles. The van der Waals surface area contributed by atoms with E-state index in [1.165, 1.54) is 5.56 Å². The summed E-state index contributed by atoms with van der Waals surface area (Å²) in [6, 6.07) is 8.10. The maximum absolute atomic E-state index is 5.52. The molecule has 2 heteroatoms. The number of nitrogens with two attached hydrogens (primary N) is 2. The van der Waals surface area contributed by atoms with Crippen molar-refractivity contribution in [2.45, 2.75) is 12.8 Å². The highest BCUT2D eigenvalue weighted by Crippen LogP contribution is 2.07. The van der Waals surface area contributed by atoms with Gasteiger partial charge in [0, 0.05) is 18.5 Å². The highest BCUT2D eigenvalue weighted by atomic mass is 14.5. The molecule has 0 aliphatic carbocycles. The van der Waals surface area contributed by atoms with Gasteiger partial charge in [0.2, 0.25) is 0 Å². The van der Waals surface area contributed by atoms with Crippen LogP contribution in [0, 0.1) is 11.8 Å². The fourth-order valence-electron chi connectivity index (χ4n) is 1.25. The van der Waals surface area contributed by atoms with Gasteiger partial charge >= 0.3 is 0 Å². The van der Waals surface area contributed by atoms with Gasteiger partial charge in [0.1, 0.15) is 0 Å². The highest BCUT2D eigenvalue weighted by Gasteiger charge is 1.96. The van der Waals surface area contributed by atoms with Gasteiger partial charge in [-0.05, 0) is 24.6 Å². The molecule has 0 fully saturated rings. The van der Waals surface area contributed by atoms with E-state index >= 15 is 0 Å². The lowest BCUT2D eigenvalue weighted by molar-refractivity contribution is 0.965. The predicted molar refractivity (Wildman–Crippen MR) is 59.7 cm³/mol. The molecular formula is C12H16N2. The van der Waals surface area contributed by atoms with Crippen LogP contribution in [0.1, 0.15) is 17.5 Å². The summed E-state index contributed by atoms with van der Waals surface area (Å²) in [4.78, 5) is 0. The molecule has 14 heavy (non-hydrogen) atoms. The molecule has 0 amide bonds. The van der Waals surface area contributed by atoms with Crippen LogP contribution < -0.4 is 11.5 Å². The van der Waals surface area contributed by atoms with Gasteiger partial charge in [0.25, 0.3) is 0 Å². The van der Waals surface area contributed by atoms with Crippen molar-refractivity contribution in [2.24, 2.45) is 11.5 Å². The Labute approximate surface area is 85.3 Å². The van der Waals surface area contributed by atoms with E-state index in [1.54, 1.807) is 0 Å². The molecule has 1 aromatic carbocycles. The van der Waals surface area contributed by atoms with Crippen molar-refractivity contribution >= 4 is 0 Å². The van der Waals surface area contributed by atoms with Crippen molar-refractivity contribution < 1.29 is 0 Å². The lowest BCUT2D eigenvalue weighted by Gasteiger charge is -2.01. The average molecular weight is 188 g/mol. The molecular weight excluding hydrogens is 172 g/mol. The third-order valence-electron chi connectivity index (χ3n) is 1.92. The van der Waals surface area contributed by atoms with Crippen LogP contribution in [-0.4, -0.2) is 13.1 Å². The van der Waals surface area contributed by atoms with Gasteiger partial charge in [-0.25, -0.2) is 0 Å². The second-order valence-corrected chi connectivity index (χ2v) is 3.04. The van der Waals surface area contributed by atoms with Crippen LogP contribution >= 0.6 is 0 Å². The Balaban J connectivity index is 2.80. The first-order chi connectivity index (χ1) is 6.88. The van der Waals surface area contributed by atoms with E-state index < -0.39 is 0 Å². The monoisotopic (exact) mass is 188 g/mol. The Hall–Kier alpha value is -1.30. The standard InChI is InChI=1S/C12H16N2/c13-9-4-3-7-11-5-1-2-6-12(11)8-10-14/h1-2,5-6H,4,8-10,13-14H2. The molecule has 1 rings (SSSR count). The minimum absolute atomic E-state index is 0.617. The minimum Gasteiger partial charge on any atom is -0.330 e. The lowest BCUT2D eigenvalue weighted by Crippen LogP contribution is -2.04. The summed E-state index contributed by atoms with van der Waals surface area (Å²) < 4.78 is 0. The molecule has 4 N–H and O–H groups in total. The number of rotatable bonds is 3. The SMILES string of the molecule is NCCC#Cc1ccccc1CCN. The highest BCUT2D eigenvalue weighted by molar-refractivity contribution is 5.41. The van der Waals surface area contributed by atoms with Crippen LogP contribution in [0.4, 0.5) is 0 Å². The topological polar surface area (TPSA) is 52.0 Å². The molecule has 0 saturated heterocycles. The van der Waals surface area contributed by atoms with Gasteiger partial charge in [-0.3, -0.25) is 0 Å². The Kier molecular flexibility index (Phi) is 4.77. The van der Waals surface area contributed by atoms with Gasteiger partial charge < -0.3 is 11.5 Å².